The van der Waals surface area contributed by atoms with Gasteiger partial charge in [-0.15, -0.1) is 0 Å². The molecule has 0 aliphatic heterocycles. The molecular weight excluding hydrogens is 268 g/mol. The first-order chi connectivity index (χ1) is 10.4. The molecule has 2 aromatic heterocycles. The molecule has 1 fully saturated rings. The van der Waals surface area contributed by atoms with Gasteiger partial charge in [0.1, 0.15) is 0 Å². The molecule has 1 N–H and O–H groups in total. The Kier molecular flexibility index (Phi) is 2.88. The molecule has 1 aromatic carbocycles. The van der Waals surface area contributed by atoms with Crippen LogP contribution >= 0.6 is 0 Å². The van der Waals surface area contributed by atoms with Crippen LogP contribution in [0.2, 0.25) is 0 Å². The van der Waals surface area contributed by atoms with Crippen LogP contribution in [-0.4, -0.2) is 25.1 Å². The van der Waals surface area contributed by atoms with Crippen LogP contribution in [0.25, 0.3) is 5.69 Å². The number of hydrogen-bond acceptors (Lipinski definition) is 6. The molecule has 1 aliphatic carbocycles. The average molecular weight is 282 g/mol. The van der Waals surface area contributed by atoms with Crippen LogP contribution < -0.4 is 5.32 Å². The number of nitrogens with zero attached hydrogens (tertiary/aromatic N) is 5. The second-order valence-corrected chi connectivity index (χ2v) is 5.04. The Balaban J connectivity index is 1.40. The van der Waals surface area contributed by atoms with Crippen LogP contribution in [0.3, 0.4) is 0 Å². The Labute approximate surface area is 121 Å². The molecule has 7 heteroatoms. The van der Waals surface area contributed by atoms with Crippen LogP contribution in [0.4, 0.5) is 5.69 Å². The van der Waals surface area contributed by atoms with Gasteiger partial charge in [-0.3, -0.25) is 0 Å². The van der Waals surface area contributed by atoms with Gasteiger partial charge < -0.3 is 9.84 Å². The van der Waals surface area contributed by atoms with Crippen LogP contribution in [-0.2, 0) is 6.54 Å². The van der Waals surface area contributed by atoms with E-state index in [1.807, 2.05) is 24.3 Å². The summed E-state index contributed by atoms with van der Waals surface area (Å²) in [7, 11) is 0. The minimum absolute atomic E-state index is 0.517. The maximum absolute atomic E-state index is 5.22. The zero-order valence-corrected chi connectivity index (χ0v) is 11.3. The summed E-state index contributed by atoms with van der Waals surface area (Å²) < 4.78 is 5.22. The summed E-state index contributed by atoms with van der Waals surface area (Å²) in [5.74, 6) is 1.98. The molecule has 0 atom stereocenters. The zero-order valence-electron chi connectivity index (χ0n) is 11.3. The number of rotatable bonds is 5. The molecule has 1 saturated carbocycles. The van der Waals surface area contributed by atoms with Gasteiger partial charge in [-0.1, -0.05) is 5.16 Å². The molecule has 0 amide bonds. The van der Waals surface area contributed by atoms with Gasteiger partial charge >= 0.3 is 0 Å². The Morgan fingerprint density at radius 2 is 1.90 bits per heavy atom. The van der Waals surface area contributed by atoms with Crippen LogP contribution in [0.1, 0.15) is 30.5 Å². The highest BCUT2D eigenvalue weighted by molar-refractivity contribution is 5.48. The number of nitrogens with one attached hydrogen (secondary N) is 1. The monoisotopic (exact) mass is 282 g/mol. The van der Waals surface area contributed by atoms with Crippen molar-refractivity contribution in [1.82, 2.24) is 25.1 Å². The molecule has 0 saturated heterocycles. The first kappa shape index (κ1) is 12.1. The van der Waals surface area contributed by atoms with E-state index < -0.39 is 0 Å². The van der Waals surface area contributed by atoms with Crippen LogP contribution in [0.15, 0.2) is 41.2 Å². The molecule has 2 heterocycles. The summed E-state index contributed by atoms with van der Waals surface area (Å²) in [4.78, 5) is 5.95. The van der Waals surface area contributed by atoms with E-state index in [0.29, 0.717) is 18.4 Å². The minimum Gasteiger partial charge on any atom is -0.376 e. The SMILES string of the molecule is c1cnn(-c2ccc(NCc3nc(C4CC4)no3)cc2)n1. The topological polar surface area (TPSA) is 81.7 Å². The van der Waals surface area contributed by atoms with Crippen molar-refractivity contribution in [3.05, 3.63) is 48.4 Å². The van der Waals surface area contributed by atoms with E-state index in [4.69, 9.17) is 4.52 Å². The van der Waals surface area contributed by atoms with E-state index in [1.165, 1.54) is 12.8 Å². The number of anilines is 1. The zero-order chi connectivity index (χ0) is 14.1. The third kappa shape index (κ3) is 2.62. The quantitative estimate of drug-likeness (QED) is 0.772. The van der Waals surface area contributed by atoms with E-state index in [-0.39, 0.29) is 0 Å². The Morgan fingerprint density at radius 3 is 2.62 bits per heavy atom. The van der Waals surface area contributed by atoms with E-state index >= 15 is 0 Å². The number of benzene rings is 1. The lowest BCUT2D eigenvalue weighted by atomic mass is 10.3. The fourth-order valence-electron chi connectivity index (χ4n) is 2.09. The smallest absolute Gasteiger partial charge is 0.245 e. The van der Waals surface area contributed by atoms with Gasteiger partial charge in [-0.05, 0) is 37.1 Å². The largest absolute Gasteiger partial charge is 0.376 e. The molecule has 0 spiro atoms. The van der Waals surface area contributed by atoms with Crippen LogP contribution in [0.5, 0.6) is 0 Å². The lowest BCUT2D eigenvalue weighted by molar-refractivity contribution is 0.378. The molecule has 0 unspecified atom stereocenters. The van der Waals surface area contributed by atoms with Gasteiger partial charge in [-0.25, -0.2) is 0 Å². The van der Waals surface area contributed by atoms with Gasteiger partial charge in [0, 0.05) is 11.6 Å². The fourth-order valence-corrected chi connectivity index (χ4v) is 2.09. The van der Waals surface area contributed by atoms with Gasteiger partial charge in [0.25, 0.3) is 0 Å². The Bertz CT molecular complexity index is 714. The van der Waals surface area contributed by atoms with Crippen LogP contribution in [0, 0.1) is 0 Å². The summed E-state index contributed by atoms with van der Waals surface area (Å²) >= 11 is 0. The number of aromatic nitrogens is 5. The summed E-state index contributed by atoms with van der Waals surface area (Å²) in [6, 6.07) is 7.84. The van der Waals surface area contributed by atoms with Crippen molar-refractivity contribution in [2.24, 2.45) is 0 Å². The lowest BCUT2D eigenvalue weighted by Crippen LogP contribution is -2.01. The van der Waals surface area contributed by atoms with Crippen molar-refractivity contribution >= 4 is 5.69 Å². The normalized spacial score (nSPS) is 14.3. The molecule has 106 valence electrons. The third-order valence-corrected chi connectivity index (χ3v) is 3.39. The summed E-state index contributed by atoms with van der Waals surface area (Å²) in [6.45, 7) is 0.527. The molecule has 7 nitrogen and oxygen atoms in total. The second kappa shape index (κ2) is 5.01. The Morgan fingerprint density at radius 1 is 1.14 bits per heavy atom. The highest BCUT2D eigenvalue weighted by Crippen LogP contribution is 2.38. The predicted octanol–water partition coefficient (Wildman–Crippen LogP) is 2.14. The second-order valence-electron chi connectivity index (χ2n) is 5.04. The lowest BCUT2D eigenvalue weighted by Gasteiger charge is -2.04. The van der Waals surface area contributed by atoms with Crippen molar-refractivity contribution in [2.45, 2.75) is 25.3 Å². The maximum atomic E-state index is 5.22. The molecule has 4 rings (SSSR count). The van der Waals surface area contributed by atoms with Gasteiger partial charge in [-0.2, -0.15) is 20.0 Å². The first-order valence-electron chi connectivity index (χ1n) is 6.91. The van der Waals surface area contributed by atoms with E-state index in [0.717, 1.165) is 17.2 Å². The predicted molar refractivity (Wildman–Crippen MR) is 75.0 cm³/mol. The van der Waals surface area contributed by atoms with Crippen molar-refractivity contribution in [1.29, 1.82) is 0 Å². The van der Waals surface area contributed by atoms with Crippen molar-refractivity contribution in [3.63, 3.8) is 0 Å². The number of hydrogen-bond donors (Lipinski definition) is 1. The maximum Gasteiger partial charge on any atom is 0.245 e. The van der Waals surface area contributed by atoms with Gasteiger partial charge in [0.2, 0.25) is 5.89 Å². The van der Waals surface area contributed by atoms with Crippen molar-refractivity contribution in [2.75, 3.05) is 5.32 Å². The standard InChI is InChI=1S/C14H14N6O/c1-2-10(1)14-18-13(21-19-14)9-15-11-3-5-12(6-4-11)20-16-7-8-17-20/h3-8,10,15H,1-2,9H2. The van der Waals surface area contributed by atoms with Crippen molar-refractivity contribution < 1.29 is 4.52 Å². The molecule has 0 radical (unpaired) electrons. The third-order valence-electron chi connectivity index (χ3n) is 3.39. The molecule has 3 aromatic rings. The molecule has 21 heavy (non-hydrogen) atoms. The van der Waals surface area contributed by atoms with E-state index in [1.54, 1.807) is 17.2 Å². The first-order valence-corrected chi connectivity index (χ1v) is 6.91. The highest BCUT2D eigenvalue weighted by atomic mass is 16.5. The minimum atomic E-state index is 0.517. The van der Waals surface area contributed by atoms with Gasteiger partial charge in [0.15, 0.2) is 5.82 Å². The molecule has 1 aliphatic rings. The van der Waals surface area contributed by atoms with E-state index in [9.17, 15) is 0 Å². The van der Waals surface area contributed by atoms with Crippen molar-refractivity contribution in [3.8, 4) is 5.69 Å². The fraction of sp³-hybridized carbons (Fsp3) is 0.286. The average Bonchev–Trinajstić information content (AvgIpc) is 3.04. The molecular formula is C14H14N6O. The van der Waals surface area contributed by atoms with Gasteiger partial charge in [0.05, 0.1) is 24.6 Å². The highest BCUT2D eigenvalue weighted by Gasteiger charge is 2.28. The molecule has 0 bridgehead atoms. The van der Waals surface area contributed by atoms with E-state index in [2.05, 4.69) is 25.7 Å². The summed E-state index contributed by atoms with van der Waals surface area (Å²) in [5.41, 5.74) is 1.90. The Hall–Kier alpha value is -2.70. The summed E-state index contributed by atoms with van der Waals surface area (Å²) in [5, 5.41) is 15.4. The summed E-state index contributed by atoms with van der Waals surface area (Å²) in [6.07, 6.45) is 5.66.